The SMILES string of the molecule is COS(=O)c1ccccc1C(=O)O. The molecule has 0 heterocycles. The molecule has 5 heteroatoms. The molecule has 0 radical (unpaired) electrons. The number of rotatable bonds is 3. The summed E-state index contributed by atoms with van der Waals surface area (Å²) >= 11 is -1.70. The van der Waals surface area contributed by atoms with Crippen molar-refractivity contribution in [2.75, 3.05) is 7.11 Å². The second-order valence-corrected chi connectivity index (χ2v) is 3.45. The molecule has 0 aromatic heterocycles. The van der Waals surface area contributed by atoms with Gasteiger partial charge in [0.2, 0.25) is 0 Å². The fourth-order valence-corrected chi connectivity index (χ4v) is 1.58. The Kier molecular flexibility index (Phi) is 3.16. The molecule has 1 rings (SSSR count). The first-order valence-electron chi connectivity index (χ1n) is 3.45. The predicted octanol–water partition coefficient (Wildman–Crippen LogP) is 1.05. The zero-order chi connectivity index (χ0) is 9.84. The molecule has 4 nitrogen and oxygen atoms in total. The van der Waals surface area contributed by atoms with Gasteiger partial charge in [-0.15, -0.1) is 0 Å². The van der Waals surface area contributed by atoms with Crippen molar-refractivity contribution >= 4 is 17.0 Å². The van der Waals surface area contributed by atoms with Crippen molar-refractivity contribution in [3.8, 4) is 0 Å². The van der Waals surface area contributed by atoms with Gasteiger partial charge in [0.1, 0.15) is 0 Å². The minimum Gasteiger partial charge on any atom is -0.478 e. The van der Waals surface area contributed by atoms with Crippen molar-refractivity contribution in [2.45, 2.75) is 4.90 Å². The van der Waals surface area contributed by atoms with Crippen LogP contribution in [0.1, 0.15) is 10.4 Å². The molecule has 1 aromatic rings. The molecule has 0 aliphatic carbocycles. The van der Waals surface area contributed by atoms with Gasteiger partial charge in [0, 0.05) is 0 Å². The average Bonchev–Trinajstić information content (AvgIpc) is 2.16. The molecule has 0 fully saturated rings. The fourth-order valence-electron chi connectivity index (χ4n) is 0.878. The summed E-state index contributed by atoms with van der Waals surface area (Å²) < 4.78 is 15.7. The van der Waals surface area contributed by atoms with Crippen LogP contribution in [-0.2, 0) is 15.3 Å². The molecule has 0 spiro atoms. The lowest BCUT2D eigenvalue weighted by Crippen LogP contribution is -2.04. The Morgan fingerprint density at radius 3 is 2.62 bits per heavy atom. The van der Waals surface area contributed by atoms with Crippen LogP contribution >= 0.6 is 0 Å². The van der Waals surface area contributed by atoms with Crippen molar-refractivity contribution in [2.24, 2.45) is 0 Å². The van der Waals surface area contributed by atoms with Crippen LogP contribution in [0.3, 0.4) is 0 Å². The average molecular weight is 200 g/mol. The first-order chi connectivity index (χ1) is 6.16. The summed E-state index contributed by atoms with van der Waals surface area (Å²) in [4.78, 5) is 10.8. The minimum absolute atomic E-state index is 0.00248. The third-order valence-corrected chi connectivity index (χ3v) is 2.47. The highest BCUT2D eigenvalue weighted by atomic mass is 32.2. The molecule has 0 aliphatic rings. The van der Waals surface area contributed by atoms with E-state index in [1.54, 1.807) is 12.1 Å². The second kappa shape index (κ2) is 4.15. The summed E-state index contributed by atoms with van der Waals surface area (Å²) in [6.07, 6.45) is 0. The van der Waals surface area contributed by atoms with Crippen molar-refractivity contribution < 1.29 is 18.3 Å². The van der Waals surface area contributed by atoms with Crippen LogP contribution in [0.5, 0.6) is 0 Å². The van der Waals surface area contributed by atoms with Crippen LogP contribution in [0.25, 0.3) is 0 Å². The molecular weight excluding hydrogens is 192 g/mol. The monoisotopic (exact) mass is 200 g/mol. The summed E-state index contributed by atoms with van der Waals surface area (Å²) in [6.45, 7) is 0. The maximum atomic E-state index is 11.2. The standard InChI is InChI=1S/C8H8O4S/c1-12-13(11)7-5-3-2-4-6(7)8(9)10/h2-5H,1H3,(H,9,10). The summed E-state index contributed by atoms with van der Waals surface area (Å²) in [6, 6.07) is 6.02. The van der Waals surface area contributed by atoms with Crippen molar-refractivity contribution in [1.82, 2.24) is 0 Å². The Morgan fingerprint density at radius 2 is 2.08 bits per heavy atom. The van der Waals surface area contributed by atoms with E-state index in [4.69, 9.17) is 5.11 Å². The molecule has 1 atom stereocenters. The zero-order valence-corrected chi connectivity index (χ0v) is 7.71. The Hall–Kier alpha value is -1.20. The number of hydrogen-bond donors (Lipinski definition) is 1. The van der Waals surface area contributed by atoms with Gasteiger partial charge in [-0.25, -0.2) is 9.00 Å². The van der Waals surface area contributed by atoms with Gasteiger partial charge in [0.15, 0.2) is 11.1 Å². The lowest BCUT2D eigenvalue weighted by molar-refractivity contribution is 0.0692. The largest absolute Gasteiger partial charge is 0.478 e. The molecular formula is C8H8O4S. The molecule has 0 amide bonds. The molecule has 13 heavy (non-hydrogen) atoms. The van der Waals surface area contributed by atoms with E-state index in [2.05, 4.69) is 4.18 Å². The van der Waals surface area contributed by atoms with E-state index in [0.717, 1.165) is 0 Å². The fraction of sp³-hybridized carbons (Fsp3) is 0.125. The van der Waals surface area contributed by atoms with Crippen LogP contribution < -0.4 is 0 Å². The molecule has 0 bridgehead atoms. The van der Waals surface area contributed by atoms with Crippen LogP contribution in [0, 0.1) is 0 Å². The van der Waals surface area contributed by atoms with E-state index in [9.17, 15) is 9.00 Å². The lowest BCUT2D eigenvalue weighted by atomic mass is 10.2. The Bertz CT molecular complexity index is 348. The highest BCUT2D eigenvalue weighted by Gasteiger charge is 2.13. The van der Waals surface area contributed by atoms with Gasteiger partial charge >= 0.3 is 5.97 Å². The van der Waals surface area contributed by atoms with E-state index in [1.807, 2.05) is 0 Å². The quantitative estimate of drug-likeness (QED) is 0.792. The van der Waals surface area contributed by atoms with E-state index in [-0.39, 0.29) is 10.5 Å². The highest BCUT2D eigenvalue weighted by molar-refractivity contribution is 7.80. The molecule has 0 aliphatic heterocycles. The second-order valence-electron chi connectivity index (χ2n) is 2.20. The molecule has 70 valence electrons. The van der Waals surface area contributed by atoms with Crippen LogP contribution in [0.15, 0.2) is 29.2 Å². The predicted molar refractivity (Wildman–Crippen MR) is 46.8 cm³/mol. The number of carboxylic acid groups (broad SMARTS) is 1. The van der Waals surface area contributed by atoms with Gasteiger partial charge in [-0.2, -0.15) is 0 Å². The third kappa shape index (κ3) is 2.13. The molecule has 1 unspecified atom stereocenters. The maximum absolute atomic E-state index is 11.2. The molecule has 0 saturated carbocycles. The molecule has 1 N–H and O–H groups in total. The van der Waals surface area contributed by atoms with Gasteiger partial charge in [-0.3, -0.25) is 4.18 Å². The van der Waals surface area contributed by atoms with E-state index < -0.39 is 17.0 Å². The van der Waals surface area contributed by atoms with Gasteiger partial charge < -0.3 is 5.11 Å². The lowest BCUT2D eigenvalue weighted by Gasteiger charge is -2.02. The summed E-state index contributed by atoms with van der Waals surface area (Å²) in [5, 5.41) is 8.72. The molecule has 0 saturated heterocycles. The maximum Gasteiger partial charge on any atom is 0.337 e. The normalized spacial score (nSPS) is 12.4. The van der Waals surface area contributed by atoms with E-state index in [0.29, 0.717) is 0 Å². The van der Waals surface area contributed by atoms with Gasteiger partial charge in [0.05, 0.1) is 17.6 Å². The summed E-state index contributed by atoms with van der Waals surface area (Å²) in [5.74, 6) is -1.11. The first-order valence-corrected chi connectivity index (χ1v) is 4.53. The Balaban J connectivity index is 3.19. The highest BCUT2D eigenvalue weighted by Crippen LogP contribution is 2.13. The van der Waals surface area contributed by atoms with E-state index >= 15 is 0 Å². The number of hydrogen-bond acceptors (Lipinski definition) is 3. The smallest absolute Gasteiger partial charge is 0.337 e. The number of carbonyl (C=O) groups is 1. The Labute approximate surface area is 77.8 Å². The van der Waals surface area contributed by atoms with Gasteiger partial charge in [0.25, 0.3) is 0 Å². The minimum atomic E-state index is -1.70. The summed E-state index contributed by atoms with van der Waals surface area (Å²) in [7, 11) is 1.26. The topological polar surface area (TPSA) is 63.6 Å². The van der Waals surface area contributed by atoms with Crippen molar-refractivity contribution in [3.05, 3.63) is 29.8 Å². The summed E-state index contributed by atoms with van der Waals surface area (Å²) in [5.41, 5.74) is 0.00248. The molecule has 1 aromatic carbocycles. The Morgan fingerprint density at radius 1 is 1.46 bits per heavy atom. The van der Waals surface area contributed by atoms with Gasteiger partial charge in [-0.1, -0.05) is 12.1 Å². The number of benzene rings is 1. The zero-order valence-electron chi connectivity index (χ0n) is 6.89. The van der Waals surface area contributed by atoms with E-state index in [1.165, 1.54) is 19.2 Å². The van der Waals surface area contributed by atoms with Crippen molar-refractivity contribution in [1.29, 1.82) is 0 Å². The first kappa shape index (κ1) is 9.88. The van der Waals surface area contributed by atoms with Crippen LogP contribution in [0.4, 0.5) is 0 Å². The number of aromatic carboxylic acids is 1. The van der Waals surface area contributed by atoms with Crippen molar-refractivity contribution in [3.63, 3.8) is 0 Å². The van der Waals surface area contributed by atoms with Crippen LogP contribution in [-0.4, -0.2) is 22.4 Å². The van der Waals surface area contributed by atoms with Crippen LogP contribution in [0.2, 0.25) is 0 Å². The number of carboxylic acids is 1. The van der Waals surface area contributed by atoms with Gasteiger partial charge in [-0.05, 0) is 12.1 Å². The third-order valence-electron chi connectivity index (χ3n) is 1.45.